The molecule has 0 saturated heterocycles. The molecule has 0 unspecified atom stereocenters. The van der Waals surface area contributed by atoms with E-state index in [2.05, 4.69) is 0 Å². The fourth-order valence-electron chi connectivity index (χ4n) is 0.265. The second kappa shape index (κ2) is 5.43. The van der Waals surface area contributed by atoms with Gasteiger partial charge in [0, 0.05) is 0 Å². The molecule has 0 aliphatic carbocycles. The van der Waals surface area contributed by atoms with Gasteiger partial charge in [-0.1, -0.05) is 0 Å². The second-order valence-electron chi connectivity index (χ2n) is 1.80. The van der Waals surface area contributed by atoms with E-state index in [0.29, 0.717) is 0 Å². The van der Waals surface area contributed by atoms with E-state index in [0.717, 1.165) is 29.8 Å². The number of rotatable bonds is 0. The largest absolute Gasteiger partial charge is 1.00 e. The van der Waals surface area contributed by atoms with Gasteiger partial charge in [0.05, 0.1) is 0 Å². The Bertz CT molecular complexity index is 397. The standard InChI is InChI=1S/6CN.Fe.K.Na/c6*1-2;;;/q;;;;;;-4;2*+1. The van der Waals surface area contributed by atoms with Gasteiger partial charge in [0.25, 0.3) is 0 Å². The van der Waals surface area contributed by atoms with Gasteiger partial charge in [0.15, 0.2) is 0 Å². The van der Waals surface area contributed by atoms with Gasteiger partial charge >= 0.3 is 153 Å². The minimum Gasteiger partial charge on any atom is 1.00 e. The van der Waals surface area contributed by atoms with Crippen LogP contribution in [0.2, 0.25) is 0 Å². The number of nitriles is 6. The van der Waals surface area contributed by atoms with E-state index in [1.165, 1.54) is 0 Å². The fraction of sp³-hybridized carbons (Fsp3) is 0. The van der Waals surface area contributed by atoms with Crippen LogP contribution in [0.25, 0.3) is 0 Å². The van der Waals surface area contributed by atoms with E-state index in [-0.39, 0.29) is 80.9 Å². The molecule has 0 aromatic rings. The molecule has 0 heterocycles. The summed E-state index contributed by atoms with van der Waals surface area (Å²) in [6, 6.07) is 0. The third-order valence-electron chi connectivity index (χ3n) is 1.19. The molecule has 0 radical (unpaired) electrons. The SMILES string of the molecule is N#[C][Fe-4]([C]#N)([C]#N)([C]#N)([C]#N)[C]#N.[K+].[Na+]. The van der Waals surface area contributed by atoms with Gasteiger partial charge in [-0.3, -0.25) is 0 Å². The molecule has 6 nitrogen and oxygen atoms in total. The van der Waals surface area contributed by atoms with E-state index < -0.39 is 10.7 Å². The summed E-state index contributed by atoms with van der Waals surface area (Å²) >= 11 is 0. The van der Waals surface area contributed by atoms with E-state index in [4.69, 9.17) is 31.6 Å². The predicted octanol–water partition coefficient (Wildman–Crippen LogP) is -5.89. The van der Waals surface area contributed by atoms with E-state index in [1.807, 2.05) is 0 Å². The minimum absolute atomic E-state index is 0. The van der Waals surface area contributed by atoms with Crippen molar-refractivity contribution in [3.05, 3.63) is 0 Å². The molecule has 0 bridgehead atoms. The Hall–Kier alpha value is 0.0958. The van der Waals surface area contributed by atoms with Crippen LogP contribution in [0.4, 0.5) is 0 Å². The van der Waals surface area contributed by atoms with Crippen molar-refractivity contribution in [2.24, 2.45) is 0 Å². The molecule has 0 atom stereocenters. The summed E-state index contributed by atoms with van der Waals surface area (Å²) in [5.41, 5.74) is 0. The fourth-order valence-corrected chi connectivity index (χ4v) is 1.09. The molecule has 0 rings (SSSR count). The topological polar surface area (TPSA) is 143 Å². The maximum absolute atomic E-state index is 8.58. The van der Waals surface area contributed by atoms with Crippen LogP contribution in [0.3, 0.4) is 0 Å². The van der Waals surface area contributed by atoms with Crippen LogP contribution in [-0.2, 0) is 10.7 Å². The molecule has 0 aromatic heterocycles. The normalized spacial score (nSPS) is 11.6. The Balaban J connectivity index is -0.000000720. The van der Waals surface area contributed by atoms with Crippen LogP contribution in [-0.4, -0.2) is 0 Å². The molecular formula is C6FeKN6Na-2. The van der Waals surface area contributed by atoms with Crippen molar-refractivity contribution in [1.82, 2.24) is 0 Å². The zero-order valence-corrected chi connectivity index (χ0v) is 14.3. The van der Waals surface area contributed by atoms with Crippen molar-refractivity contribution >= 4 is 0 Å². The number of nitrogens with zero attached hydrogens (tertiary/aromatic N) is 6. The first-order chi connectivity index (χ1) is 5.97. The van der Waals surface area contributed by atoms with E-state index in [1.54, 1.807) is 0 Å². The molecule has 0 aliphatic heterocycles. The molecule has 0 aliphatic rings. The Morgan fingerprint density at radius 1 is 0.533 bits per heavy atom. The average molecular weight is 274 g/mol. The molecule has 0 saturated carbocycles. The Morgan fingerprint density at radius 3 is 0.667 bits per heavy atom. The van der Waals surface area contributed by atoms with E-state index in [9.17, 15) is 0 Å². The van der Waals surface area contributed by atoms with Crippen LogP contribution >= 0.6 is 0 Å². The molecular weight excluding hydrogens is 274 g/mol. The summed E-state index contributed by atoms with van der Waals surface area (Å²) in [5.74, 6) is 0. The summed E-state index contributed by atoms with van der Waals surface area (Å²) in [4.78, 5) is 6.19. The molecule has 9 heteroatoms. The first-order valence-corrected chi connectivity index (χ1v) is 5.71. The number of hydrogen-bond donors (Lipinski definition) is 0. The predicted molar refractivity (Wildman–Crippen MR) is 33.7 cm³/mol. The van der Waals surface area contributed by atoms with Crippen molar-refractivity contribution in [2.45, 2.75) is 0 Å². The quantitative estimate of drug-likeness (QED) is 0.402. The monoisotopic (exact) mass is 274 g/mol. The zero-order chi connectivity index (χ0) is 10.7. The zero-order valence-electron chi connectivity index (χ0n) is 8.04. The summed E-state index contributed by atoms with van der Waals surface area (Å²) in [6.45, 7) is 0. The first-order valence-electron chi connectivity index (χ1n) is 2.40. The van der Waals surface area contributed by atoms with Crippen molar-refractivity contribution < 1.29 is 91.7 Å². The number of hydrogen-bond acceptors (Lipinski definition) is 6. The Kier molecular flexibility index (Phi) is 7.42. The van der Waals surface area contributed by atoms with Crippen LogP contribution in [0.1, 0.15) is 0 Å². The molecule has 15 heavy (non-hydrogen) atoms. The first kappa shape index (κ1) is 20.5. The van der Waals surface area contributed by atoms with Gasteiger partial charge in [-0.15, -0.1) is 0 Å². The van der Waals surface area contributed by atoms with E-state index >= 15 is 0 Å². The molecule has 0 N–H and O–H groups in total. The van der Waals surface area contributed by atoms with Crippen molar-refractivity contribution in [1.29, 1.82) is 31.6 Å². The molecule has 0 amide bonds. The summed E-state index contributed by atoms with van der Waals surface area (Å²) in [7, 11) is -6.17. The van der Waals surface area contributed by atoms with Crippen LogP contribution in [0.5, 0.6) is 0 Å². The van der Waals surface area contributed by atoms with Crippen molar-refractivity contribution in [3.8, 4) is 29.8 Å². The van der Waals surface area contributed by atoms with Gasteiger partial charge in [-0.2, -0.15) is 0 Å². The third-order valence-corrected chi connectivity index (χ3v) is 4.89. The van der Waals surface area contributed by atoms with Crippen molar-refractivity contribution in [3.63, 3.8) is 0 Å². The van der Waals surface area contributed by atoms with Crippen LogP contribution in [0.15, 0.2) is 0 Å². The average Bonchev–Trinajstić information content (AvgIpc) is 2.26. The van der Waals surface area contributed by atoms with Crippen molar-refractivity contribution in [2.75, 3.05) is 0 Å². The van der Waals surface area contributed by atoms with Gasteiger partial charge in [-0.25, -0.2) is 0 Å². The van der Waals surface area contributed by atoms with Gasteiger partial charge in [0.2, 0.25) is 0 Å². The minimum atomic E-state index is -6.17. The third kappa shape index (κ3) is 2.28. The Labute approximate surface area is 150 Å². The molecule has 0 fully saturated rings. The van der Waals surface area contributed by atoms with Crippen LogP contribution < -0.4 is 80.9 Å². The maximum atomic E-state index is 8.58. The summed E-state index contributed by atoms with van der Waals surface area (Å²) in [6.07, 6.45) is 0. The second-order valence-corrected chi connectivity index (χ2v) is 7.42. The summed E-state index contributed by atoms with van der Waals surface area (Å²) in [5, 5.41) is 51.5. The van der Waals surface area contributed by atoms with Gasteiger partial charge in [-0.05, 0) is 0 Å². The summed E-state index contributed by atoms with van der Waals surface area (Å²) < 4.78 is 0. The maximum Gasteiger partial charge on any atom is 1.00 e. The smallest absolute Gasteiger partial charge is 1.00 e. The van der Waals surface area contributed by atoms with Gasteiger partial charge < -0.3 is 0 Å². The molecule has 66 valence electrons. The van der Waals surface area contributed by atoms with Gasteiger partial charge in [0.1, 0.15) is 0 Å². The Morgan fingerprint density at radius 2 is 0.667 bits per heavy atom. The molecule has 0 spiro atoms. The molecule has 0 aromatic carbocycles. The van der Waals surface area contributed by atoms with Crippen LogP contribution in [0, 0.1) is 61.4 Å².